The van der Waals surface area contributed by atoms with E-state index in [2.05, 4.69) is 10.6 Å². The number of carbonyl (C=O) groups excluding carboxylic acids is 2. The van der Waals surface area contributed by atoms with Crippen molar-refractivity contribution in [1.29, 1.82) is 0 Å². The predicted molar refractivity (Wildman–Crippen MR) is 60.1 cm³/mol. The molecule has 3 atom stereocenters. The van der Waals surface area contributed by atoms with E-state index in [1.54, 1.807) is 0 Å². The van der Waals surface area contributed by atoms with Gasteiger partial charge in [-0.15, -0.1) is 0 Å². The van der Waals surface area contributed by atoms with Gasteiger partial charge >= 0.3 is 0 Å². The van der Waals surface area contributed by atoms with Crippen LogP contribution in [0.5, 0.6) is 0 Å². The maximum Gasteiger partial charge on any atom is 0.225 e. The molecule has 5 nitrogen and oxygen atoms in total. The van der Waals surface area contributed by atoms with Crippen LogP contribution in [-0.4, -0.2) is 37.1 Å². The Kier molecular flexibility index (Phi) is 2.78. The second-order valence-corrected chi connectivity index (χ2v) is 5.28. The van der Waals surface area contributed by atoms with Crippen molar-refractivity contribution < 1.29 is 14.3 Å². The molecule has 2 heterocycles. The lowest BCUT2D eigenvalue weighted by atomic mass is 10.0. The van der Waals surface area contributed by atoms with Crippen LogP contribution in [0.25, 0.3) is 0 Å². The minimum Gasteiger partial charge on any atom is -0.376 e. The number of carbonyl (C=O) groups is 2. The van der Waals surface area contributed by atoms with Crippen LogP contribution in [0.2, 0.25) is 0 Å². The summed E-state index contributed by atoms with van der Waals surface area (Å²) in [5.74, 6) is 0.435. The van der Waals surface area contributed by atoms with Gasteiger partial charge < -0.3 is 15.4 Å². The third kappa shape index (κ3) is 2.29. The summed E-state index contributed by atoms with van der Waals surface area (Å²) in [4.78, 5) is 23.0. The van der Waals surface area contributed by atoms with Gasteiger partial charge in [0.05, 0.1) is 18.1 Å². The standard InChI is InChI=1S/C12H18N2O3/c15-10-5-8(6-13-10)12(16)14-9-3-4-17-11(9)7-1-2-7/h7-9,11H,1-6H2,(H,13,15)(H,14,16). The maximum absolute atomic E-state index is 12.0. The van der Waals surface area contributed by atoms with Crippen LogP contribution in [0.4, 0.5) is 0 Å². The number of rotatable bonds is 3. The lowest BCUT2D eigenvalue weighted by Gasteiger charge is -2.20. The molecule has 3 unspecified atom stereocenters. The fourth-order valence-corrected chi connectivity index (χ4v) is 2.75. The third-order valence-corrected chi connectivity index (χ3v) is 3.90. The molecule has 5 heteroatoms. The molecule has 3 aliphatic rings. The van der Waals surface area contributed by atoms with Crippen molar-refractivity contribution >= 4 is 11.8 Å². The van der Waals surface area contributed by atoms with E-state index < -0.39 is 0 Å². The molecule has 2 saturated heterocycles. The molecule has 1 aliphatic carbocycles. The highest BCUT2D eigenvalue weighted by Gasteiger charge is 2.42. The molecule has 0 radical (unpaired) electrons. The first-order chi connectivity index (χ1) is 8.24. The number of hydrogen-bond donors (Lipinski definition) is 2. The average Bonchev–Trinajstić information content (AvgIpc) is 2.89. The minimum atomic E-state index is -0.192. The van der Waals surface area contributed by atoms with Crippen molar-refractivity contribution in [2.24, 2.45) is 11.8 Å². The van der Waals surface area contributed by atoms with Gasteiger partial charge in [-0.25, -0.2) is 0 Å². The van der Waals surface area contributed by atoms with E-state index in [1.165, 1.54) is 12.8 Å². The zero-order valence-corrected chi connectivity index (χ0v) is 9.78. The number of ether oxygens (including phenoxy) is 1. The molecule has 0 bridgehead atoms. The Hall–Kier alpha value is -1.10. The van der Waals surface area contributed by atoms with Crippen LogP contribution in [0.15, 0.2) is 0 Å². The summed E-state index contributed by atoms with van der Waals surface area (Å²) in [6.45, 7) is 1.22. The van der Waals surface area contributed by atoms with Crippen molar-refractivity contribution in [2.75, 3.05) is 13.2 Å². The highest BCUT2D eigenvalue weighted by Crippen LogP contribution is 2.38. The molecule has 17 heavy (non-hydrogen) atoms. The van der Waals surface area contributed by atoms with Gasteiger partial charge in [-0.2, -0.15) is 0 Å². The molecule has 0 spiro atoms. The van der Waals surface area contributed by atoms with E-state index in [1.807, 2.05) is 0 Å². The van der Waals surface area contributed by atoms with E-state index in [9.17, 15) is 9.59 Å². The molecule has 0 aromatic carbocycles. The molecular weight excluding hydrogens is 220 g/mol. The molecule has 0 aromatic rings. The fraction of sp³-hybridized carbons (Fsp3) is 0.833. The smallest absolute Gasteiger partial charge is 0.225 e. The Morgan fingerprint density at radius 1 is 1.35 bits per heavy atom. The summed E-state index contributed by atoms with van der Waals surface area (Å²) in [5.41, 5.74) is 0. The second kappa shape index (κ2) is 4.29. The van der Waals surface area contributed by atoms with Crippen LogP contribution in [0.3, 0.4) is 0 Å². The normalized spacial score (nSPS) is 36.9. The second-order valence-electron chi connectivity index (χ2n) is 5.28. The van der Waals surface area contributed by atoms with Crippen molar-refractivity contribution in [2.45, 2.75) is 37.8 Å². The van der Waals surface area contributed by atoms with E-state index in [0.717, 1.165) is 13.0 Å². The molecule has 0 aromatic heterocycles. The molecule has 2 amide bonds. The molecule has 3 rings (SSSR count). The van der Waals surface area contributed by atoms with E-state index >= 15 is 0 Å². The van der Waals surface area contributed by atoms with Gasteiger partial charge in [-0.3, -0.25) is 9.59 Å². The summed E-state index contributed by atoms with van der Waals surface area (Å²) in [6, 6.07) is 0.158. The van der Waals surface area contributed by atoms with Crippen LogP contribution in [0.1, 0.15) is 25.7 Å². The van der Waals surface area contributed by atoms with Crippen molar-refractivity contribution in [3.05, 3.63) is 0 Å². The van der Waals surface area contributed by atoms with E-state index in [0.29, 0.717) is 18.9 Å². The van der Waals surface area contributed by atoms with Gasteiger partial charge in [0.1, 0.15) is 0 Å². The Balaban J connectivity index is 1.55. The first-order valence-corrected chi connectivity index (χ1v) is 6.42. The average molecular weight is 238 g/mol. The SMILES string of the molecule is O=C1CC(C(=O)NC2CCOC2C2CC2)CN1. The topological polar surface area (TPSA) is 67.4 Å². The maximum atomic E-state index is 12.0. The summed E-state index contributed by atoms with van der Waals surface area (Å²) < 4.78 is 5.68. The molecule has 3 fully saturated rings. The Morgan fingerprint density at radius 2 is 2.18 bits per heavy atom. The Bertz CT molecular complexity index is 341. The molecule has 1 saturated carbocycles. The minimum absolute atomic E-state index is 0.00417. The lowest BCUT2D eigenvalue weighted by Crippen LogP contribution is -2.44. The van der Waals surface area contributed by atoms with Crippen molar-refractivity contribution in [3.63, 3.8) is 0 Å². The zero-order chi connectivity index (χ0) is 11.8. The molecule has 2 N–H and O–H groups in total. The van der Waals surface area contributed by atoms with Crippen LogP contribution in [0, 0.1) is 11.8 Å². The van der Waals surface area contributed by atoms with Crippen LogP contribution in [-0.2, 0) is 14.3 Å². The zero-order valence-electron chi connectivity index (χ0n) is 9.78. The van der Waals surface area contributed by atoms with Gasteiger partial charge in [-0.05, 0) is 25.2 Å². The lowest BCUT2D eigenvalue weighted by molar-refractivity contribution is -0.127. The number of nitrogens with one attached hydrogen (secondary N) is 2. The third-order valence-electron chi connectivity index (χ3n) is 3.90. The van der Waals surface area contributed by atoms with Gasteiger partial charge in [0, 0.05) is 19.6 Å². The first-order valence-electron chi connectivity index (χ1n) is 6.42. The van der Waals surface area contributed by atoms with E-state index in [-0.39, 0.29) is 29.9 Å². The summed E-state index contributed by atoms with van der Waals surface area (Å²) in [6.07, 6.45) is 3.89. The van der Waals surface area contributed by atoms with Crippen LogP contribution >= 0.6 is 0 Å². The number of hydrogen-bond acceptors (Lipinski definition) is 3. The fourth-order valence-electron chi connectivity index (χ4n) is 2.75. The van der Waals surface area contributed by atoms with Gasteiger partial charge in [-0.1, -0.05) is 0 Å². The van der Waals surface area contributed by atoms with Crippen molar-refractivity contribution in [1.82, 2.24) is 10.6 Å². The number of amides is 2. The van der Waals surface area contributed by atoms with Gasteiger partial charge in [0.15, 0.2) is 0 Å². The van der Waals surface area contributed by atoms with Gasteiger partial charge in [0.2, 0.25) is 11.8 Å². The van der Waals surface area contributed by atoms with Crippen molar-refractivity contribution in [3.8, 4) is 0 Å². The molecule has 94 valence electrons. The largest absolute Gasteiger partial charge is 0.376 e. The Labute approximate surface area is 100 Å². The van der Waals surface area contributed by atoms with E-state index in [4.69, 9.17) is 4.74 Å². The summed E-state index contributed by atoms with van der Waals surface area (Å²) in [5, 5.41) is 5.75. The summed E-state index contributed by atoms with van der Waals surface area (Å²) in [7, 11) is 0. The highest BCUT2D eigenvalue weighted by molar-refractivity contribution is 5.89. The first kappa shape index (κ1) is 11.0. The molecule has 2 aliphatic heterocycles. The monoisotopic (exact) mass is 238 g/mol. The van der Waals surface area contributed by atoms with Crippen LogP contribution < -0.4 is 10.6 Å². The highest BCUT2D eigenvalue weighted by atomic mass is 16.5. The summed E-state index contributed by atoms with van der Waals surface area (Å²) >= 11 is 0. The predicted octanol–water partition coefficient (Wildman–Crippen LogP) is -0.194. The quantitative estimate of drug-likeness (QED) is 0.716. The molecular formula is C12H18N2O3. The Morgan fingerprint density at radius 3 is 2.82 bits per heavy atom. The van der Waals surface area contributed by atoms with Gasteiger partial charge in [0.25, 0.3) is 0 Å².